The number of carboxylic acid groups (broad SMARTS) is 1. The van der Waals surface area contributed by atoms with E-state index in [1.54, 1.807) is 13.8 Å². The zero-order valence-electron chi connectivity index (χ0n) is 11.8. The van der Waals surface area contributed by atoms with Gasteiger partial charge in [0, 0.05) is 30.9 Å². The van der Waals surface area contributed by atoms with Crippen molar-refractivity contribution in [2.75, 3.05) is 39.0 Å². The molecule has 1 fully saturated rings. The van der Waals surface area contributed by atoms with E-state index >= 15 is 0 Å². The van der Waals surface area contributed by atoms with Gasteiger partial charge in [0.25, 0.3) is 0 Å². The number of aliphatic carboxylic acids is 1. The van der Waals surface area contributed by atoms with Crippen molar-refractivity contribution in [2.45, 2.75) is 24.6 Å². The topological polar surface area (TPSA) is 86.9 Å². The van der Waals surface area contributed by atoms with Gasteiger partial charge < -0.3 is 20.6 Å². The number of nitrogens with two attached hydrogens (primary N) is 1. The molecular formula is C12H23N3O3S. The third kappa shape index (κ3) is 4.67. The van der Waals surface area contributed by atoms with Crippen molar-refractivity contribution in [3.05, 3.63) is 0 Å². The Labute approximate surface area is 118 Å². The van der Waals surface area contributed by atoms with Crippen LogP contribution in [0.15, 0.2) is 0 Å². The van der Waals surface area contributed by atoms with E-state index in [9.17, 15) is 9.59 Å². The van der Waals surface area contributed by atoms with Crippen molar-refractivity contribution in [3.63, 3.8) is 0 Å². The molecule has 6 nitrogen and oxygen atoms in total. The van der Waals surface area contributed by atoms with Crippen LogP contribution in [0.3, 0.4) is 0 Å². The molecule has 1 aliphatic rings. The molecule has 1 saturated heterocycles. The molecule has 1 heterocycles. The second-order valence-corrected chi connectivity index (χ2v) is 7.02. The number of amides is 1. The molecule has 0 unspecified atom stereocenters. The number of thioether (sulfide) groups is 1. The molecule has 0 aromatic heterocycles. The molecule has 0 aliphatic carbocycles. The molecule has 1 rings (SSSR count). The number of carbonyl (C=O) groups excluding carboxylic acids is 1. The molecule has 1 atom stereocenters. The van der Waals surface area contributed by atoms with Crippen molar-refractivity contribution in [2.24, 2.45) is 5.73 Å². The Balaban J connectivity index is 2.43. The van der Waals surface area contributed by atoms with Crippen LogP contribution in [0.5, 0.6) is 0 Å². The van der Waals surface area contributed by atoms with Crippen molar-refractivity contribution in [3.8, 4) is 0 Å². The van der Waals surface area contributed by atoms with Crippen molar-refractivity contribution >= 4 is 23.6 Å². The number of nitrogens with zero attached hydrogens (tertiary/aromatic N) is 2. The van der Waals surface area contributed by atoms with Gasteiger partial charge in [-0.15, -0.1) is 11.8 Å². The highest BCUT2D eigenvalue weighted by atomic mass is 32.2. The molecule has 7 heteroatoms. The van der Waals surface area contributed by atoms with Crippen LogP contribution in [-0.4, -0.2) is 76.6 Å². The summed E-state index contributed by atoms with van der Waals surface area (Å²) in [6.07, 6.45) is 0. The molecule has 1 amide bonds. The van der Waals surface area contributed by atoms with Crippen LogP contribution in [0, 0.1) is 0 Å². The summed E-state index contributed by atoms with van der Waals surface area (Å²) in [6, 6.07) is -0.974. The molecular weight excluding hydrogens is 266 g/mol. The fraction of sp³-hybridized carbons (Fsp3) is 0.833. The summed E-state index contributed by atoms with van der Waals surface area (Å²) in [7, 11) is 2.03. The van der Waals surface area contributed by atoms with E-state index in [1.165, 1.54) is 11.8 Å². The quantitative estimate of drug-likeness (QED) is 0.721. The van der Waals surface area contributed by atoms with E-state index in [4.69, 9.17) is 10.8 Å². The minimum absolute atomic E-state index is 0.0590. The SMILES string of the molecule is CN1CCN(C(=O)CSC(C)(C)[C@H](N)C(=O)O)CC1. The standard InChI is InChI=1S/C12H23N3O3S/c1-12(2,10(13)11(17)18)19-8-9(16)15-6-4-14(3)5-7-15/h10H,4-8,13H2,1-3H3,(H,17,18)/t10-/m1/s1. The lowest BCUT2D eigenvalue weighted by Gasteiger charge is -2.34. The van der Waals surface area contributed by atoms with Gasteiger partial charge in [-0.05, 0) is 20.9 Å². The van der Waals surface area contributed by atoms with Crippen LogP contribution in [0.4, 0.5) is 0 Å². The van der Waals surface area contributed by atoms with Crippen LogP contribution < -0.4 is 5.73 Å². The number of rotatable bonds is 5. The fourth-order valence-electron chi connectivity index (χ4n) is 1.78. The van der Waals surface area contributed by atoms with Crippen molar-refractivity contribution < 1.29 is 14.7 Å². The summed E-state index contributed by atoms with van der Waals surface area (Å²) in [6.45, 7) is 6.76. The van der Waals surface area contributed by atoms with E-state index in [2.05, 4.69) is 4.90 Å². The first-order valence-corrected chi connectivity index (χ1v) is 7.31. The zero-order valence-corrected chi connectivity index (χ0v) is 12.6. The third-order valence-electron chi connectivity index (χ3n) is 3.44. The molecule has 0 saturated carbocycles. The van der Waals surface area contributed by atoms with Gasteiger partial charge in [-0.3, -0.25) is 9.59 Å². The number of hydrogen-bond acceptors (Lipinski definition) is 5. The van der Waals surface area contributed by atoms with E-state index in [1.807, 2.05) is 11.9 Å². The maximum Gasteiger partial charge on any atom is 0.321 e. The fourth-order valence-corrected chi connectivity index (χ4v) is 2.74. The predicted molar refractivity (Wildman–Crippen MR) is 76.2 cm³/mol. The second kappa shape index (κ2) is 6.58. The van der Waals surface area contributed by atoms with Crippen molar-refractivity contribution in [1.82, 2.24) is 9.80 Å². The average molecular weight is 289 g/mol. The van der Waals surface area contributed by atoms with Crippen molar-refractivity contribution in [1.29, 1.82) is 0 Å². The van der Waals surface area contributed by atoms with Crippen LogP contribution in [0.25, 0.3) is 0 Å². The number of carbonyl (C=O) groups is 2. The van der Waals surface area contributed by atoms with E-state index < -0.39 is 16.8 Å². The molecule has 19 heavy (non-hydrogen) atoms. The van der Waals surface area contributed by atoms with Crippen LogP contribution in [0.1, 0.15) is 13.8 Å². The average Bonchev–Trinajstić information content (AvgIpc) is 2.35. The highest BCUT2D eigenvalue weighted by molar-refractivity contribution is 8.01. The third-order valence-corrected chi connectivity index (χ3v) is 4.83. The largest absolute Gasteiger partial charge is 0.480 e. The Morgan fingerprint density at radius 1 is 1.32 bits per heavy atom. The number of likely N-dealkylation sites (N-methyl/N-ethyl adjacent to an activating group) is 1. The van der Waals surface area contributed by atoms with Gasteiger partial charge in [0.2, 0.25) is 5.91 Å². The maximum atomic E-state index is 12.0. The molecule has 0 aromatic rings. The lowest BCUT2D eigenvalue weighted by Crippen LogP contribution is -2.49. The lowest BCUT2D eigenvalue weighted by molar-refractivity contribution is -0.139. The summed E-state index contributed by atoms with van der Waals surface area (Å²) in [5.41, 5.74) is 5.63. The Morgan fingerprint density at radius 2 is 1.84 bits per heavy atom. The Hall–Kier alpha value is -0.790. The molecule has 1 aliphatic heterocycles. The van der Waals surface area contributed by atoms with Gasteiger partial charge in [0.05, 0.1) is 5.75 Å². The Morgan fingerprint density at radius 3 is 2.32 bits per heavy atom. The summed E-state index contributed by atoms with van der Waals surface area (Å²) in [5, 5.41) is 8.92. The first-order valence-electron chi connectivity index (χ1n) is 6.32. The van der Waals surface area contributed by atoms with E-state index in [-0.39, 0.29) is 11.7 Å². The molecule has 110 valence electrons. The summed E-state index contributed by atoms with van der Waals surface area (Å²) >= 11 is 1.31. The zero-order chi connectivity index (χ0) is 14.6. The van der Waals surface area contributed by atoms with Crippen LogP contribution >= 0.6 is 11.8 Å². The maximum absolute atomic E-state index is 12.0. The first kappa shape index (κ1) is 16.3. The lowest BCUT2D eigenvalue weighted by atomic mass is 10.1. The minimum atomic E-state index is -1.04. The summed E-state index contributed by atoms with van der Waals surface area (Å²) < 4.78 is -0.659. The van der Waals surface area contributed by atoms with Crippen LogP contribution in [0.2, 0.25) is 0 Å². The molecule has 0 bridgehead atoms. The van der Waals surface area contributed by atoms with Gasteiger partial charge in [0.1, 0.15) is 6.04 Å². The highest BCUT2D eigenvalue weighted by Crippen LogP contribution is 2.27. The first-order chi connectivity index (χ1) is 8.74. The molecule has 0 aromatic carbocycles. The number of hydrogen-bond donors (Lipinski definition) is 2. The molecule has 3 N–H and O–H groups in total. The van der Waals surface area contributed by atoms with E-state index in [0.717, 1.165) is 26.2 Å². The predicted octanol–water partition coefficient (Wildman–Crippen LogP) is -0.316. The molecule has 0 spiro atoms. The normalized spacial score (nSPS) is 19.3. The second-order valence-electron chi connectivity index (χ2n) is 5.39. The Kier molecular flexibility index (Phi) is 5.64. The monoisotopic (exact) mass is 289 g/mol. The number of piperazine rings is 1. The molecule has 0 radical (unpaired) electrons. The smallest absolute Gasteiger partial charge is 0.321 e. The summed E-state index contributed by atoms with van der Waals surface area (Å²) in [5.74, 6) is -0.703. The van der Waals surface area contributed by atoms with E-state index in [0.29, 0.717) is 0 Å². The van der Waals surface area contributed by atoms with Gasteiger partial charge in [0.15, 0.2) is 0 Å². The van der Waals surface area contributed by atoms with Gasteiger partial charge in [-0.1, -0.05) is 0 Å². The number of carboxylic acids is 1. The van der Waals surface area contributed by atoms with Gasteiger partial charge in [-0.2, -0.15) is 0 Å². The van der Waals surface area contributed by atoms with Gasteiger partial charge in [-0.25, -0.2) is 0 Å². The highest BCUT2D eigenvalue weighted by Gasteiger charge is 2.33. The minimum Gasteiger partial charge on any atom is -0.480 e. The summed E-state index contributed by atoms with van der Waals surface area (Å²) in [4.78, 5) is 26.9. The Bertz CT molecular complexity index is 341. The van der Waals surface area contributed by atoms with Crippen LogP contribution in [-0.2, 0) is 9.59 Å². The van der Waals surface area contributed by atoms with Gasteiger partial charge >= 0.3 is 5.97 Å².